The second-order valence-electron chi connectivity index (χ2n) is 6.00. The lowest BCUT2D eigenvalue weighted by Gasteiger charge is -2.13. The minimum Gasteiger partial charge on any atom is -0.497 e. The Hall–Kier alpha value is -2.84. The molecular weight excluding hydrogens is 414 g/mol. The molecule has 9 heteroatoms. The van der Waals surface area contributed by atoms with Gasteiger partial charge in [0.2, 0.25) is 5.91 Å². The minimum atomic E-state index is -0.441. The predicted molar refractivity (Wildman–Crippen MR) is 118 cm³/mol. The first-order chi connectivity index (χ1) is 13.9. The summed E-state index contributed by atoms with van der Waals surface area (Å²) in [6.45, 7) is 1.92. The van der Waals surface area contributed by atoms with E-state index in [0.717, 1.165) is 6.42 Å². The van der Waals surface area contributed by atoms with Crippen LogP contribution < -0.4 is 25.4 Å². The van der Waals surface area contributed by atoms with Crippen molar-refractivity contribution in [2.24, 2.45) is 0 Å². The molecule has 0 spiro atoms. The van der Waals surface area contributed by atoms with Crippen molar-refractivity contribution in [3.8, 4) is 11.5 Å². The quantitative estimate of drug-likeness (QED) is 0.564. The number of anilines is 2. The van der Waals surface area contributed by atoms with Crippen LogP contribution in [-0.4, -0.2) is 31.1 Å². The molecule has 0 atom stereocenters. The van der Waals surface area contributed by atoms with E-state index in [0.29, 0.717) is 39.9 Å². The third-order valence-electron chi connectivity index (χ3n) is 3.82. The second-order valence-corrected chi connectivity index (χ2v) is 6.82. The minimum absolute atomic E-state index is 0.0516. The highest BCUT2D eigenvalue weighted by Gasteiger charge is 2.13. The molecule has 0 heterocycles. The topological polar surface area (TPSA) is 88.7 Å². The largest absolute Gasteiger partial charge is 0.497 e. The van der Waals surface area contributed by atoms with Crippen LogP contribution in [0.2, 0.25) is 5.02 Å². The monoisotopic (exact) mass is 435 g/mol. The summed E-state index contributed by atoms with van der Waals surface area (Å²) in [5, 5.41) is 8.67. The fraction of sp³-hybridized carbons (Fsp3) is 0.250. The van der Waals surface area contributed by atoms with Gasteiger partial charge in [-0.1, -0.05) is 18.5 Å². The maximum absolute atomic E-state index is 12.5. The van der Waals surface area contributed by atoms with E-state index in [4.69, 9.17) is 33.3 Å². The number of hydrogen-bond donors (Lipinski definition) is 3. The van der Waals surface area contributed by atoms with Gasteiger partial charge in [0.05, 0.1) is 24.9 Å². The lowest BCUT2D eigenvalue weighted by molar-refractivity contribution is -0.116. The second kappa shape index (κ2) is 10.6. The number of hydrogen-bond acceptors (Lipinski definition) is 5. The van der Waals surface area contributed by atoms with Crippen molar-refractivity contribution >= 4 is 52.1 Å². The third kappa shape index (κ3) is 6.62. The van der Waals surface area contributed by atoms with Crippen LogP contribution in [0.25, 0.3) is 0 Å². The first-order valence-corrected chi connectivity index (χ1v) is 9.59. The van der Waals surface area contributed by atoms with Gasteiger partial charge in [0.25, 0.3) is 5.91 Å². The van der Waals surface area contributed by atoms with Crippen LogP contribution in [0.5, 0.6) is 11.5 Å². The molecule has 2 aromatic rings. The van der Waals surface area contributed by atoms with Gasteiger partial charge in [-0.05, 0) is 49.0 Å². The number of benzene rings is 2. The molecule has 0 aromatic heterocycles. The van der Waals surface area contributed by atoms with Crippen molar-refractivity contribution in [2.45, 2.75) is 19.8 Å². The molecule has 0 fully saturated rings. The molecule has 0 unspecified atom stereocenters. The zero-order valence-electron chi connectivity index (χ0n) is 16.3. The van der Waals surface area contributed by atoms with E-state index < -0.39 is 5.91 Å². The highest BCUT2D eigenvalue weighted by molar-refractivity contribution is 7.80. The van der Waals surface area contributed by atoms with E-state index in [2.05, 4.69) is 16.0 Å². The van der Waals surface area contributed by atoms with E-state index in [1.807, 2.05) is 6.92 Å². The van der Waals surface area contributed by atoms with Gasteiger partial charge in [0.1, 0.15) is 11.5 Å². The average Bonchev–Trinajstić information content (AvgIpc) is 2.70. The summed E-state index contributed by atoms with van der Waals surface area (Å²) >= 11 is 11.4. The number of amides is 2. The fourth-order valence-corrected chi connectivity index (χ4v) is 2.78. The zero-order chi connectivity index (χ0) is 21.4. The van der Waals surface area contributed by atoms with E-state index in [9.17, 15) is 9.59 Å². The number of methoxy groups -OCH3 is 2. The smallest absolute Gasteiger partial charge is 0.257 e. The SMILES string of the molecule is CCCC(=O)Nc1ccc(Cl)c(NC(=S)NC(=O)c2cc(OC)cc(OC)c2)c1. The first-order valence-electron chi connectivity index (χ1n) is 8.81. The van der Waals surface area contributed by atoms with E-state index in [1.165, 1.54) is 14.2 Å². The first kappa shape index (κ1) is 22.4. The van der Waals surface area contributed by atoms with Gasteiger partial charge >= 0.3 is 0 Å². The zero-order valence-corrected chi connectivity index (χ0v) is 17.9. The van der Waals surface area contributed by atoms with Gasteiger partial charge in [0, 0.05) is 23.7 Å². The Morgan fingerprint density at radius 1 is 1.03 bits per heavy atom. The molecule has 154 valence electrons. The number of ether oxygens (including phenoxy) is 2. The van der Waals surface area contributed by atoms with Crippen LogP contribution in [-0.2, 0) is 4.79 Å². The van der Waals surface area contributed by atoms with Crippen molar-refractivity contribution in [1.82, 2.24) is 5.32 Å². The molecule has 29 heavy (non-hydrogen) atoms. The molecule has 0 radical (unpaired) electrons. The van der Waals surface area contributed by atoms with Crippen LogP contribution in [0.4, 0.5) is 11.4 Å². The summed E-state index contributed by atoms with van der Waals surface area (Å²) in [6, 6.07) is 9.75. The van der Waals surface area contributed by atoms with Gasteiger partial charge in [-0.25, -0.2) is 0 Å². The molecule has 0 bridgehead atoms. The molecule has 0 aliphatic heterocycles. The van der Waals surface area contributed by atoms with Gasteiger partial charge in [-0.2, -0.15) is 0 Å². The van der Waals surface area contributed by atoms with E-state index in [-0.39, 0.29) is 11.0 Å². The third-order valence-corrected chi connectivity index (χ3v) is 4.35. The van der Waals surface area contributed by atoms with Gasteiger partial charge in [0.15, 0.2) is 5.11 Å². The van der Waals surface area contributed by atoms with Crippen molar-refractivity contribution in [1.29, 1.82) is 0 Å². The van der Waals surface area contributed by atoms with Gasteiger partial charge in [-0.15, -0.1) is 0 Å². The van der Waals surface area contributed by atoms with Crippen molar-refractivity contribution in [2.75, 3.05) is 24.9 Å². The Kier molecular flexibility index (Phi) is 8.23. The lowest BCUT2D eigenvalue weighted by atomic mass is 10.2. The Morgan fingerprint density at radius 3 is 2.28 bits per heavy atom. The normalized spacial score (nSPS) is 10.1. The maximum Gasteiger partial charge on any atom is 0.257 e. The highest BCUT2D eigenvalue weighted by atomic mass is 35.5. The van der Waals surface area contributed by atoms with Crippen molar-refractivity contribution < 1.29 is 19.1 Å². The molecule has 0 saturated carbocycles. The summed E-state index contributed by atoms with van der Waals surface area (Å²) in [4.78, 5) is 24.3. The summed E-state index contributed by atoms with van der Waals surface area (Å²) in [6.07, 6.45) is 1.17. The molecule has 3 N–H and O–H groups in total. The van der Waals surface area contributed by atoms with Gasteiger partial charge in [-0.3, -0.25) is 14.9 Å². The Balaban J connectivity index is 2.08. The summed E-state index contributed by atoms with van der Waals surface area (Å²) in [5.74, 6) is 0.422. The number of carbonyl (C=O) groups is 2. The van der Waals surface area contributed by atoms with Crippen molar-refractivity contribution in [3.05, 3.63) is 47.0 Å². The van der Waals surface area contributed by atoms with E-state index >= 15 is 0 Å². The number of nitrogens with one attached hydrogen (secondary N) is 3. The summed E-state index contributed by atoms with van der Waals surface area (Å²) in [5.41, 5.74) is 1.34. The summed E-state index contributed by atoms with van der Waals surface area (Å²) in [7, 11) is 2.99. The maximum atomic E-state index is 12.5. The van der Waals surface area contributed by atoms with Crippen LogP contribution in [0, 0.1) is 0 Å². The molecule has 0 saturated heterocycles. The van der Waals surface area contributed by atoms with E-state index in [1.54, 1.807) is 36.4 Å². The molecule has 2 rings (SSSR count). The Labute approximate surface area is 179 Å². The molecule has 0 aliphatic carbocycles. The van der Waals surface area contributed by atoms with Crippen LogP contribution in [0.1, 0.15) is 30.1 Å². The van der Waals surface area contributed by atoms with Crippen molar-refractivity contribution in [3.63, 3.8) is 0 Å². The predicted octanol–water partition coefficient (Wildman–Crippen LogP) is 4.22. The number of thiocarbonyl (C=S) groups is 1. The highest BCUT2D eigenvalue weighted by Crippen LogP contribution is 2.26. The van der Waals surface area contributed by atoms with Crippen LogP contribution in [0.3, 0.4) is 0 Å². The number of carbonyl (C=O) groups excluding carboxylic acids is 2. The van der Waals surface area contributed by atoms with Gasteiger partial charge < -0.3 is 20.1 Å². The molecule has 0 aliphatic rings. The Morgan fingerprint density at radius 2 is 1.69 bits per heavy atom. The summed E-state index contributed by atoms with van der Waals surface area (Å²) < 4.78 is 10.3. The molecule has 7 nitrogen and oxygen atoms in total. The number of halogens is 1. The van der Waals surface area contributed by atoms with Crippen LogP contribution in [0.15, 0.2) is 36.4 Å². The average molecular weight is 436 g/mol. The number of rotatable bonds is 7. The molecular formula is C20H22ClN3O4S. The fourth-order valence-electron chi connectivity index (χ4n) is 2.42. The standard InChI is InChI=1S/C20H22ClN3O4S/c1-4-5-18(25)22-13-6-7-16(21)17(10-13)23-20(29)24-19(26)12-8-14(27-2)11-15(9-12)28-3/h6-11H,4-5H2,1-3H3,(H,22,25)(H2,23,24,26,29). The molecule has 2 aromatic carbocycles. The van der Waals surface area contributed by atoms with Crippen LogP contribution >= 0.6 is 23.8 Å². The Bertz CT molecular complexity index is 898. The molecule has 2 amide bonds. The lowest BCUT2D eigenvalue weighted by Crippen LogP contribution is -2.34.